The van der Waals surface area contributed by atoms with E-state index in [1.165, 1.54) is 34.8 Å². The summed E-state index contributed by atoms with van der Waals surface area (Å²) in [6.07, 6.45) is 0. The SMILES string of the molecule is CC(C)C(NC(=O)c1cccs1)C(=O)OCc1csc(-c2ccc(F)cc2)n1. The van der Waals surface area contributed by atoms with Crippen molar-refractivity contribution in [2.45, 2.75) is 26.5 Å². The van der Waals surface area contributed by atoms with Gasteiger partial charge in [0.25, 0.3) is 5.91 Å². The second-order valence-electron chi connectivity index (χ2n) is 6.43. The first kappa shape index (κ1) is 20.2. The molecule has 3 aromatic rings. The van der Waals surface area contributed by atoms with Crippen LogP contribution in [0.2, 0.25) is 0 Å². The number of rotatable bonds is 7. The number of thiazole rings is 1. The smallest absolute Gasteiger partial charge is 0.329 e. The number of nitrogens with one attached hydrogen (secondary N) is 1. The molecular weight excluding hydrogens is 399 g/mol. The molecule has 0 saturated heterocycles. The number of carbonyl (C=O) groups excluding carboxylic acids is 2. The molecule has 0 fully saturated rings. The fraction of sp³-hybridized carbons (Fsp3) is 0.250. The number of hydrogen-bond acceptors (Lipinski definition) is 6. The number of nitrogens with zero attached hydrogens (tertiary/aromatic N) is 1. The standard InChI is InChI=1S/C20H19FN2O3S2/c1-12(2)17(23-18(24)16-4-3-9-27-16)20(25)26-10-15-11-28-19(22-15)13-5-7-14(21)8-6-13/h3-9,11-12,17H,10H2,1-2H3,(H,23,24). The summed E-state index contributed by atoms with van der Waals surface area (Å²) >= 11 is 2.70. The molecule has 0 spiro atoms. The monoisotopic (exact) mass is 418 g/mol. The molecular formula is C20H19FN2O3S2. The molecule has 1 aromatic carbocycles. The first-order valence-electron chi connectivity index (χ1n) is 8.65. The summed E-state index contributed by atoms with van der Waals surface area (Å²) in [7, 11) is 0. The van der Waals surface area contributed by atoms with Crippen LogP contribution in [0.25, 0.3) is 10.6 Å². The Balaban J connectivity index is 1.60. The van der Waals surface area contributed by atoms with E-state index in [9.17, 15) is 14.0 Å². The van der Waals surface area contributed by atoms with Crippen molar-refractivity contribution < 1.29 is 18.7 Å². The molecule has 146 valence electrons. The molecule has 0 radical (unpaired) electrons. The van der Waals surface area contributed by atoms with Crippen molar-refractivity contribution in [3.63, 3.8) is 0 Å². The highest BCUT2D eigenvalue weighted by Gasteiger charge is 2.26. The van der Waals surface area contributed by atoms with Crippen LogP contribution in [0, 0.1) is 11.7 Å². The number of amides is 1. The molecule has 1 N–H and O–H groups in total. The first-order valence-corrected chi connectivity index (χ1v) is 10.4. The Kier molecular flexibility index (Phi) is 6.53. The predicted octanol–water partition coefficient (Wildman–Crippen LogP) is 4.51. The molecule has 0 saturated carbocycles. The normalized spacial score (nSPS) is 12.0. The van der Waals surface area contributed by atoms with Crippen molar-refractivity contribution in [1.29, 1.82) is 0 Å². The third-order valence-corrected chi connectivity index (χ3v) is 5.77. The molecule has 0 bridgehead atoms. The number of halogens is 1. The lowest BCUT2D eigenvalue weighted by molar-refractivity contribution is -0.148. The van der Waals surface area contributed by atoms with Gasteiger partial charge in [0.1, 0.15) is 23.5 Å². The van der Waals surface area contributed by atoms with Crippen molar-refractivity contribution in [2.75, 3.05) is 0 Å². The van der Waals surface area contributed by atoms with E-state index in [2.05, 4.69) is 10.3 Å². The summed E-state index contributed by atoms with van der Waals surface area (Å²) < 4.78 is 18.4. The second kappa shape index (κ2) is 9.07. The summed E-state index contributed by atoms with van der Waals surface area (Å²) in [5.74, 6) is -1.23. The van der Waals surface area contributed by atoms with E-state index >= 15 is 0 Å². The van der Waals surface area contributed by atoms with Gasteiger partial charge in [-0.15, -0.1) is 22.7 Å². The van der Waals surface area contributed by atoms with Crippen LogP contribution < -0.4 is 5.32 Å². The summed E-state index contributed by atoms with van der Waals surface area (Å²) in [5.41, 5.74) is 1.40. The molecule has 8 heteroatoms. The number of aromatic nitrogens is 1. The molecule has 0 aliphatic heterocycles. The van der Waals surface area contributed by atoms with E-state index in [-0.39, 0.29) is 24.2 Å². The molecule has 0 aliphatic carbocycles. The molecule has 5 nitrogen and oxygen atoms in total. The first-order chi connectivity index (χ1) is 13.4. The van der Waals surface area contributed by atoms with Gasteiger partial charge in [-0.3, -0.25) is 4.79 Å². The fourth-order valence-corrected chi connectivity index (χ4v) is 3.89. The molecule has 1 amide bonds. The van der Waals surface area contributed by atoms with Crippen LogP contribution in [0.5, 0.6) is 0 Å². The van der Waals surface area contributed by atoms with E-state index in [4.69, 9.17) is 4.74 Å². The third kappa shape index (κ3) is 5.02. The number of benzene rings is 1. The summed E-state index contributed by atoms with van der Waals surface area (Å²) in [4.78, 5) is 29.7. The average molecular weight is 419 g/mol. The zero-order valence-electron chi connectivity index (χ0n) is 15.3. The molecule has 1 atom stereocenters. The van der Waals surface area contributed by atoms with E-state index < -0.39 is 12.0 Å². The van der Waals surface area contributed by atoms with Gasteiger partial charge in [0, 0.05) is 10.9 Å². The number of thiophene rings is 1. The van der Waals surface area contributed by atoms with Crippen molar-refractivity contribution in [2.24, 2.45) is 5.92 Å². The highest BCUT2D eigenvalue weighted by Crippen LogP contribution is 2.24. The van der Waals surface area contributed by atoms with Crippen LogP contribution in [-0.4, -0.2) is 22.9 Å². The lowest BCUT2D eigenvalue weighted by atomic mass is 10.0. The van der Waals surface area contributed by atoms with Gasteiger partial charge >= 0.3 is 5.97 Å². The maximum atomic E-state index is 13.0. The Morgan fingerprint density at radius 1 is 1.18 bits per heavy atom. The fourth-order valence-electron chi connectivity index (χ4n) is 2.45. The Bertz CT molecular complexity index is 937. The number of esters is 1. The average Bonchev–Trinajstić information content (AvgIpc) is 3.36. The van der Waals surface area contributed by atoms with Crippen LogP contribution >= 0.6 is 22.7 Å². The number of hydrogen-bond donors (Lipinski definition) is 1. The summed E-state index contributed by atoms with van der Waals surface area (Å²) in [5, 5.41) is 7.05. The summed E-state index contributed by atoms with van der Waals surface area (Å²) in [6, 6.07) is 8.79. The van der Waals surface area contributed by atoms with Gasteiger partial charge in [0.05, 0.1) is 10.6 Å². The van der Waals surface area contributed by atoms with E-state index in [0.717, 1.165) is 10.6 Å². The maximum Gasteiger partial charge on any atom is 0.329 e. The van der Waals surface area contributed by atoms with Gasteiger partial charge in [0.2, 0.25) is 0 Å². The van der Waals surface area contributed by atoms with E-state index in [1.807, 2.05) is 13.8 Å². The van der Waals surface area contributed by atoms with E-state index in [0.29, 0.717) is 10.6 Å². The minimum atomic E-state index is -0.746. The van der Waals surface area contributed by atoms with Crippen LogP contribution in [0.4, 0.5) is 4.39 Å². The lowest BCUT2D eigenvalue weighted by Gasteiger charge is -2.20. The van der Waals surface area contributed by atoms with Crippen molar-refractivity contribution in [1.82, 2.24) is 10.3 Å². The molecule has 2 heterocycles. The van der Waals surface area contributed by atoms with Crippen LogP contribution in [-0.2, 0) is 16.1 Å². The zero-order chi connectivity index (χ0) is 20.1. The Morgan fingerprint density at radius 2 is 1.93 bits per heavy atom. The van der Waals surface area contributed by atoms with E-state index in [1.54, 1.807) is 35.0 Å². The largest absolute Gasteiger partial charge is 0.458 e. The second-order valence-corrected chi connectivity index (χ2v) is 8.24. The maximum absolute atomic E-state index is 13.0. The van der Waals surface area contributed by atoms with Gasteiger partial charge in [-0.25, -0.2) is 14.2 Å². The molecule has 28 heavy (non-hydrogen) atoms. The highest BCUT2D eigenvalue weighted by atomic mass is 32.1. The van der Waals surface area contributed by atoms with Crippen LogP contribution in [0.3, 0.4) is 0 Å². The van der Waals surface area contributed by atoms with Gasteiger partial charge in [-0.1, -0.05) is 19.9 Å². The molecule has 2 aromatic heterocycles. The minimum Gasteiger partial charge on any atom is -0.458 e. The van der Waals surface area contributed by atoms with Gasteiger partial charge < -0.3 is 10.1 Å². The van der Waals surface area contributed by atoms with Crippen molar-refractivity contribution in [3.05, 3.63) is 63.5 Å². The minimum absolute atomic E-state index is 0.00855. The van der Waals surface area contributed by atoms with Crippen LogP contribution in [0.1, 0.15) is 29.2 Å². The number of carbonyl (C=O) groups is 2. The Labute approximate surface area is 170 Å². The van der Waals surface area contributed by atoms with Crippen LogP contribution in [0.15, 0.2) is 47.2 Å². The highest BCUT2D eigenvalue weighted by molar-refractivity contribution is 7.13. The molecule has 1 unspecified atom stereocenters. The molecule has 3 rings (SSSR count). The van der Waals surface area contributed by atoms with Gasteiger partial charge in [-0.05, 0) is 41.6 Å². The predicted molar refractivity (Wildman–Crippen MR) is 108 cm³/mol. The van der Waals surface area contributed by atoms with Crippen molar-refractivity contribution >= 4 is 34.6 Å². The van der Waals surface area contributed by atoms with Gasteiger partial charge in [-0.2, -0.15) is 0 Å². The quantitative estimate of drug-likeness (QED) is 0.573. The lowest BCUT2D eigenvalue weighted by Crippen LogP contribution is -2.45. The zero-order valence-corrected chi connectivity index (χ0v) is 17.0. The van der Waals surface area contributed by atoms with Gasteiger partial charge in [0.15, 0.2) is 0 Å². The van der Waals surface area contributed by atoms with Crippen molar-refractivity contribution in [3.8, 4) is 10.6 Å². The number of ether oxygens (including phenoxy) is 1. The Morgan fingerprint density at radius 3 is 2.57 bits per heavy atom. The third-order valence-electron chi connectivity index (χ3n) is 3.96. The summed E-state index contributed by atoms with van der Waals surface area (Å²) in [6.45, 7) is 3.70. The Hall–Kier alpha value is -2.58. The topological polar surface area (TPSA) is 68.3 Å². The molecule has 0 aliphatic rings.